The van der Waals surface area contributed by atoms with Gasteiger partial charge in [0, 0.05) is 18.4 Å². The summed E-state index contributed by atoms with van der Waals surface area (Å²) >= 11 is 0. The van der Waals surface area contributed by atoms with E-state index in [0.717, 1.165) is 5.56 Å². The van der Waals surface area contributed by atoms with Gasteiger partial charge >= 0.3 is 0 Å². The van der Waals surface area contributed by atoms with Crippen LogP contribution in [-0.2, 0) is 20.7 Å². The number of nitrogens with zero attached hydrogens (tertiary/aromatic N) is 1. The Labute approximate surface area is 151 Å². The van der Waals surface area contributed by atoms with Crippen LogP contribution in [0.25, 0.3) is 0 Å². The number of carboxylic acid groups (broad SMARTS) is 1. The number of ether oxygens (including phenoxy) is 3. The third kappa shape index (κ3) is 2.38. The number of methoxy groups -OCH3 is 2. The quantitative estimate of drug-likeness (QED) is 0.653. The first-order valence-corrected chi connectivity index (χ1v) is 8.57. The van der Waals surface area contributed by atoms with Gasteiger partial charge in [0.15, 0.2) is 11.5 Å². The van der Waals surface area contributed by atoms with Crippen molar-refractivity contribution in [3.05, 3.63) is 35.9 Å². The van der Waals surface area contributed by atoms with Gasteiger partial charge in [-0.3, -0.25) is 4.79 Å². The number of hydrogen-bond donors (Lipinski definition) is 0. The van der Waals surface area contributed by atoms with Crippen LogP contribution in [0, 0.1) is 11.8 Å². The topological polar surface area (TPSA) is 88.1 Å². The molecule has 0 N–H and O–H groups in total. The minimum absolute atomic E-state index is 0.175. The van der Waals surface area contributed by atoms with Gasteiger partial charge < -0.3 is 29.0 Å². The number of carbonyl (C=O) groups is 2. The Balaban J connectivity index is 1.48. The van der Waals surface area contributed by atoms with Crippen molar-refractivity contribution in [3.8, 4) is 11.5 Å². The summed E-state index contributed by atoms with van der Waals surface area (Å²) in [6.07, 6.45) is 3.65. The summed E-state index contributed by atoms with van der Waals surface area (Å²) in [5, 5.41) is 11.5. The summed E-state index contributed by atoms with van der Waals surface area (Å²) in [6, 6.07) is 5.63. The highest BCUT2D eigenvalue weighted by atomic mass is 16.5. The first-order valence-electron chi connectivity index (χ1n) is 8.57. The number of amides is 1. The number of fused-ring (bicyclic) bond motifs is 1. The second-order valence-electron chi connectivity index (χ2n) is 6.92. The maximum atomic E-state index is 12.8. The number of rotatable bonds is 6. The molecule has 1 aromatic carbocycles. The molecular formula is C19H20NO6-. The van der Waals surface area contributed by atoms with E-state index in [0.29, 0.717) is 31.0 Å². The molecule has 7 nitrogen and oxygen atoms in total. The van der Waals surface area contributed by atoms with Crippen molar-refractivity contribution in [3.63, 3.8) is 0 Å². The van der Waals surface area contributed by atoms with E-state index in [1.54, 1.807) is 25.2 Å². The van der Waals surface area contributed by atoms with Crippen LogP contribution in [0.3, 0.4) is 0 Å². The third-order valence-electron chi connectivity index (χ3n) is 5.57. The minimum atomic E-state index is -1.22. The van der Waals surface area contributed by atoms with Crippen molar-refractivity contribution in [2.75, 3.05) is 27.3 Å². The lowest BCUT2D eigenvalue weighted by atomic mass is 9.77. The lowest BCUT2D eigenvalue weighted by Gasteiger charge is -2.24. The molecule has 3 aliphatic heterocycles. The Hall–Kier alpha value is -2.54. The summed E-state index contributed by atoms with van der Waals surface area (Å²) in [4.78, 5) is 26.0. The molecule has 2 fully saturated rings. The lowest BCUT2D eigenvalue weighted by molar-refractivity contribution is -0.313. The Morgan fingerprint density at radius 2 is 2.12 bits per heavy atom. The normalized spacial score (nSPS) is 31.4. The van der Waals surface area contributed by atoms with Gasteiger partial charge in [0.25, 0.3) is 0 Å². The van der Waals surface area contributed by atoms with Crippen LogP contribution in [0.5, 0.6) is 11.5 Å². The van der Waals surface area contributed by atoms with Gasteiger partial charge in [0.05, 0.1) is 32.8 Å². The van der Waals surface area contributed by atoms with Crippen LogP contribution >= 0.6 is 0 Å². The summed E-state index contributed by atoms with van der Waals surface area (Å²) < 4.78 is 16.4. The molecule has 2 bridgehead atoms. The molecular weight excluding hydrogens is 338 g/mol. The van der Waals surface area contributed by atoms with E-state index in [4.69, 9.17) is 14.2 Å². The largest absolute Gasteiger partial charge is 0.550 e. The van der Waals surface area contributed by atoms with Crippen LogP contribution in [0.1, 0.15) is 5.56 Å². The van der Waals surface area contributed by atoms with Crippen molar-refractivity contribution < 1.29 is 28.9 Å². The second kappa shape index (κ2) is 6.02. The van der Waals surface area contributed by atoms with E-state index >= 15 is 0 Å². The van der Waals surface area contributed by atoms with Crippen LogP contribution in [0.4, 0.5) is 0 Å². The smallest absolute Gasteiger partial charge is 0.229 e. The van der Waals surface area contributed by atoms with Crippen LogP contribution in [-0.4, -0.2) is 55.8 Å². The fraction of sp³-hybridized carbons (Fsp3) is 0.474. The van der Waals surface area contributed by atoms with Gasteiger partial charge in [0.1, 0.15) is 5.60 Å². The van der Waals surface area contributed by atoms with E-state index in [1.165, 1.54) is 0 Å². The van der Waals surface area contributed by atoms with E-state index in [-0.39, 0.29) is 5.91 Å². The monoisotopic (exact) mass is 358 g/mol. The van der Waals surface area contributed by atoms with E-state index in [9.17, 15) is 14.7 Å². The molecule has 0 aliphatic carbocycles. The molecule has 0 unspecified atom stereocenters. The molecule has 1 aromatic rings. The Bertz CT molecular complexity index is 790. The second-order valence-corrected chi connectivity index (χ2v) is 6.92. The Morgan fingerprint density at radius 1 is 1.35 bits per heavy atom. The highest BCUT2D eigenvalue weighted by Crippen LogP contribution is 2.51. The molecule has 0 saturated carbocycles. The fourth-order valence-electron chi connectivity index (χ4n) is 4.34. The molecule has 7 heteroatoms. The fourth-order valence-corrected chi connectivity index (χ4v) is 4.34. The highest BCUT2D eigenvalue weighted by molar-refractivity contribution is 5.90. The standard InChI is InChI=1S/C19H21NO6/c1-24-12-4-3-11(9-14(12)25-2)6-8-20-10-19-7-5-13(26-19)15(18(22)23)16(19)17(20)21/h3-5,7,9,13,15-16H,6,8,10H2,1-2H3,(H,22,23)/p-1/t13-,15-,16-,19-/m1/s1. The zero-order valence-electron chi connectivity index (χ0n) is 14.6. The zero-order chi connectivity index (χ0) is 18.5. The zero-order valence-corrected chi connectivity index (χ0v) is 14.6. The number of aliphatic carboxylic acids is 1. The van der Waals surface area contributed by atoms with Gasteiger partial charge in [-0.1, -0.05) is 18.2 Å². The highest BCUT2D eigenvalue weighted by Gasteiger charge is 2.65. The molecule has 4 atom stereocenters. The average Bonchev–Trinajstić information content (AvgIpc) is 3.27. The van der Waals surface area contributed by atoms with Crippen molar-refractivity contribution in [1.29, 1.82) is 0 Å². The summed E-state index contributed by atoms with van der Waals surface area (Å²) in [5.41, 5.74) is 0.187. The van der Waals surface area contributed by atoms with Gasteiger partial charge in [-0.15, -0.1) is 0 Å². The number of benzene rings is 1. The molecule has 3 aliphatic rings. The van der Waals surface area contributed by atoms with Crippen molar-refractivity contribution in [2.24, 2.45) is 11.8 Å². The summed E-state index contributed by atoms with van der Waals surface area (Å²) in [7, 11) is 3.15. The SMILES string of the molecule is COc1ccc(CCN2C[C@@]34C=C[C@@H](O3)[C@@H](C(=O)[O-])[C@@H]4C2=O)cc1OC. The van der Waals surface area contributed by atoms with E-state index in [1.807, 2.05) is 24.3 Å². The molecule has 0 aromatic heterocycles. The molecule has 138 valence electrons. The maximum Gasteiger partial charge on any atom is 0.229 e. The van der Waals surface area contributed by atoms with Gasteiger partial charge in [-0.05, 0) is 24.1 Å². The van der Waals surface area contributed by atoms with Crippen LogP contribution in [0.15, 0.2) is 30.4 Å². The van der Waals surface area contributed by atoms with Crippen molar-refractivity contribution in [1.82, 2.24) is 4.90 Å². The van der Waals surface area contributed by atoms with Gasteiger partial charge in [-0.2, -0.15) is 0 Å². The number of hydrogen-bond acceptors (Lipinski definition) is 6. The van der Waals surface area contributed by atoms with E-state index in [2.05, 4.69) is 0 Å². The van der Waals surface area contributed by atoms with E-state index < -0.39 is 29.5 Å². The number of carboxylic acids is 1. The lowest BCUT2D eigenvalue weighted by Crippen LogP contribution is -2.45. The summed E-state index contributed by atoms with van der Waals surface area (Å²) in [6.45, 7) is 0.856. The predicted molar refractivity (Wildman–Crippen MR) is 88.6 cm³/mol. The van der Waals surface area contributed by atoms with Crippen LogP contribution < -0.4 is 14.6 Å². The predicted octanol–water partition coefficient (Wildman–Crippen LogP) is -0.222. The molecule has 3 heterocycles. The van der Waals surface area contributed by atoms with Gasteiger partial charge in [-0.25, -0.2) is 0 Å². The Morgan fingerprint density at radius 3 is 2.81 bits per heavy atom. The van der Waals surface area contributed by atoms with Gasteiger partial charge in [0.2, 0.25) is 5.91 Å². The number of carbonyl (C=O) groups excluding carboxylic acids is 2. The molecule has 4 rings (SSSR count). The Kier molecular flexibility index (Phi) is 3.91. The minimum Gasteiger partial charge on any atom is -0.550 e. The molecule has 2 saturated heterocycles. The number of likely N-dealkylation sites (tertiary alicyclic amines) is 1. The van der Waals surface area contributed by atoms with Crippen molar-refractivity contribution in [2.45, 2.75) is 18.1 Å². The average molecular weight is 358 g/mol. The third-order valence-corrected chi connectivity index (χ3v) is 5.57. The first kappa shape index (κ1) is 16.9. The molecule has 0 radical (unpaired) electrons. The maximum absolute atomic E-state index is 12.8. The summed E-state index contributed by atoms with van der Waals surface area (Å²) in [5.74, 6) is -1.70. The van der Waals surface area contributed by atoms with Crippen molar-refractivity contribution >= 4 is 11.9 Å². The van der Waals surface area contributed by atoms with Crippen LogP contribution in [0.2, 0.25) is 0 Å². The molecule has 1 amide bonds. The molecule has 26 heavy (non-hydrogen) atoms. The molecule has 1 spiro atoms. The first-order chi connectivity index (χ1) is 12.5.